The van der Waals surface area contributed by atoms with Crippen LogP contribution in [-0.4, -0.2) is 10.1 Å². The quantitative estimate of drug-likeness (QED) is 0.721. The van der Waals surface area contributed by atoms with Crippen LogP contribution in [0.5, 0.6) is 5.75 Å². The second-order valence-electron chi connectivity index (χ2n) is 4.28. The molecule has 0 fully saturated rings. The van der Waals surface area contributed by atoms with E-state index < -0.39 is 0 Å². The minimum atomic E-state index is 0.282. The van der Waals surface area contributed by atoms with E-state index in [1.54, 1.807) is 24.0 Å². The van der Waals surface area contributed by atoms with Gasteiger partial charge in [-0.1, -0.05) is 30.3 Å². The molecule has 2 nitrogen and oxygen atoms in total. The van der Waals surface area contributed by atoms with E-state index in [2.05, 4.69) is 29.2 Å². The lowest BCUT2D eigenvalue weighted by Crippen LogP contribution is -1.82. The molecule has 0 amide bonds. The molecule has 1 heterocycles. The van der Waals surface area contributed by atoms with E-state index in [9.17, 15) is 5.11 Å². The molecule has 19 heavy (non-hydrogen) atoms. The van der Waals surface area contributed by atoms with Crippen molar-refractivity contribution < 1.29 is 5.11 Å². The SMILES string of the molecule is Oc1ccnc2cc(SCc3ccccc3)ccc12. The van der Waals surface area contributed by atoms with Crippen LogP contribution in [0.15, 0.2) is 65.7 Å². The summed E-state index contributed by atoms with van der Waals surface area (Å²) in [4.78, 5) is 5.45. The van der Waals surface area contributed by atoms with E-state index in [0.717, 1.165) is 21.6 Å². The monoisotopic (exact) mass is 267 g/mol. The fourth-order valence-corrected chi connectivity index (χ4v) is 2.83. The molecule has 94 valence electrons. The van der Waals surface area contributed by atoms with Gasteiger partial charge in [0.1, 0.15) is 5.75 Å². The van der Waals surface area contributed by atoms with Crippen molar-refractivity contribution in [3.63, 3.8) is 0 Å². The Balaban J connectivity index is 1.82. The number of benzene rings is 2. The predicted octanol–water partition coefficient (Wildman–Crippen LogP) is 4.23. The third-order valence-corrected chi connectivity index (χ3v) is 4.00. The van der Waals surface area contributed by atoms with Gasteiger partial charge in [0.15, 0.2) is 0 Å². The molecule has 0 aliphatic heterocycles. The lowest BCUT2D eigenvalue weighted by molar-refractivity contribution is 0.481. The van der Waals surface area contributed by atoms with Gasteiger partial charge in [0, 0.05) is 22.2 Å². The van der Waals surface area contributed by atoms with Gasteiger partial charge in [-0.05, 0) is 29.8 Å². The molecule has 0 unspecified atom stereocenters. The van der Waals surface area contributed by atoms with Crippen molar-refractivity contribution in [3.8, 4) is 5.75 Å². The Morgan fingerprint density at radius 3 is 2.68 bits per heavy atom. The molecule has 0 atom stereocenters. The fraction of sp³-hybridized carbons (Fsp3) is 0.0625. The fourth-order valence-electron chi connectivity index (χ4n) is 1.94. The molecule has 3 aromatic rings. The molecule has 0 radical (unpaired) electrons. The standard InChI is InChI=1S/C16H13NOS/c18-16-8-9-17-15-10-13(6-7-14(15)16)19-11-12-4-2-1-3-5-12/h1-10H,11H2,(H,17,18). The first-order valence-electron chi connectivity index (χ1n) is 6.07. The highest BCUT2D eigenvalue weighted by Crippen LogP contribution is 2.28. The highest BCUT2D eigenvalue weighted by molar-refractivity contribution is 7.98. The molecular weight excluding hydrogens is 254 g/mol. The molecule has 0 saturated carbocycles. The first kappa shape index (κ1) is 12.1. The molecule has 3 rings (SSSR count). The molecule has 1 aromatic heterocycles. The van der Waals surface area contributed by atoms with Crippen molar-refractivity contribution in [3.05, 3.63) is 66.4 Å². The van der Waals surface area contributed by atoms with Gasteiger partial charge in [-0.25, -0.2) is 0 Å². The van der Waals surface area contributed by atoms with Crippen LogP contribution in [0, 0.1) is 0 Å². The van der Waals surface area contributed by atoms with Gasteiger partial charge in [0.2, 0.25) is 0 Å². The van der Waals surface area contributed by atoms with E-state index >= 15 is 0 Å². The van der Waals surface area contributed by atoms with Crippen LogP contribution in [0.2, 0.25) is 0 Å². The topological polar surface area (TPSA) is 33.1 Å². The van der Waals surface area contributed by atoms with E-state index in [1.165, 1.54) is 5.56 Å². The number of thioether (sulfide) groups is 1. The van der Waals surface area contributed by atoms with Crippen molar-refractivity contribution in [1.82, 2.24) is 4.98 Å². The number of aromatic nitrogens is 1. The van der Waals surface area contributed by atoms with Crippen molar-refractivity contribution >= 4 is 22.7 Å². The van der Waals surface area contributed by atoms with Crippen LogP contribution in [0.25, 0.3) is 10.9 Å². The molecule has 0 saturated heterocycles. The van der Waals surface area contributed by atoms with Gasteiger partial charge in [-0.2, -0.15) is 0 Å². The first-order valence-corrected chi connectivity index (χ1v) is 7.06. The smallest absolute Gasteiger partial charge is 0.126 e. The van der Waals surface area contributed by atoms with E-state index in [0.29, 0.717) is 0 Å². The second-order valence-corrected chi connectivity index (χ2v) is 5.33. The summed E-state index contributed by atoms with van der Waals surface area (Å²) in [6.07, 6.45) is 1.63. The number of hydrogen-bond donors (Lipinski definition) is 1. The molecule has 0 aliphatic rings. The minimum absolute atomic E-state index is 0.282. The third-order valence-electron chi connectivity index (χ3n) is 2.94. The highest BCUT2D eigenvalue weighted by Gasteiger charge is 2.02. The van der Waals surface area contributed by atoms with Crippen molar-refractivity contribution in [2.24, 2.45) is 0 Å². The third kappa shape index (κ3) is 2.71. The largest absolute Gasteiger partial charge is 0.507 e. The van der Waals surface area contributed by atoms with Gasteiger partial charge >= 0.3 is 0 Å². The number of hydrogen-bond acceptors (Lipinski definition) is 3. The van der Waals surface area contributed by atoms with Gasteiger partial charge in [0.05, 0.1) is 5.52 Å². The number of aromatic hydroxyl groups is 1. The molecule has 0 bridgehead atoms. The summed E-state index contributed by atoms with van der Waals surface area (Å²) in [5.74, 6) is 1.22. The van der Waals surface area contributed by atoms with Crippen molar-refractivity contribution in [2.45, 2.75) is 10.6 Å². The average molecular weight is 267 g/mol. The Kier molecular flexibility index (Phi) is 3.38. The number of fused-ring (bicyclic) bond motifs is 1. The molecule has 2 aromatic carbocycles. The number of nitrogens with zero attached hydrogens (tertiary/aromatic N) is 1. The summed E-state index contributed by atoms with van der Waals surface area (Å²) in [7, 11) is 0. The average Bonchev–Trinajstić information content (AvgIpc) is 2.46. The van der Waals surface area contributed by atoms with Crippen LogP contribution in [0.1, 0.15) is 5.56 Å². The zero-order valence-corrected chi connectivity index (χ0v) is 11.1. The Hall–Kier alpha value is -2.00. The number of rotatable bonds is 3. The van der Waals surface area contributed by atoms with E-state index in [4.69, 9.17) is 0 Å². The van der Waals surface area contributed by atoms with E-state index in [1.807, 2.05) is 24.3 Å². The summed E-state index contributed by atoms with van der Waals surface area (Å²) in [5.41, 5.74) is 2.13. The Morgan fingerprint density at radius 1 is 1.00 bits per heavy atom. The van der Waals surface area contributed by atoms with Crippen LogP contribution in [0.4, 0.5) is 0 Å². The number of pyridine rings is 1. The minimum Gasteiger partial charge on any atom is -0.507 e. The highest BCUT2D eigenvalue weighted by atomic mass is 32.2. The van der Waals surface area contributed by atoms with Crippen molar-refractivity contribution in [2.75, 3.05) is 0 Å². The van der Waals surface area contributed by atoms with Gasteiger partial charge in [-0.15, -0.1) is 11.8 Å². The van der Waals surface area contributed by atoms with Crippen LogP contribution >= 0.6 is 11.8 Å². The first-order chi connectivity index (χ1) is 9.33. The lowest BCUT2D eigenvalue weighted by Gasteiger charge is -2.04. The zero-order valence-electron chi connectivity index (χ0n) is 10.3. The van der Waals surface area contributed by atoms with E-state index in [-0.39, 0.29) is 5.75 Å². The summed E-state index contributed by atoms with van der Waals surface area (Å²) < 4.78 is 0. The summed E-state index contributed by atoms with van der Waals surface area (Å²) >= 11 is 1.77. The molecule has 3 heteroatoms. The summed E-state index contributed by atoms with van der Waals surface area (Å²) in [6.45, 7) is 0. The maximum atomic E-state index is 9.72. The Bertz CT molecular complexity index is 697. The molecule has 1 N–H and O–H groups in total. The maximum Gasteiger partial charge on any atom is 0.126 e. The summed E-state index contributed by atoms with van der Waals surface area (Å²) in [5, 5.41) is 10.5. The van der Waals surface area contributed by atoms with Crippen LogP contribution < -0.4 is 0 Å². The second kappa shape index (κ2) is 5.33. The van der Waals surface area contributed by atoms with Crippen LogP contribution in [0.3, 0.4) is 0 Å². The normalized spacial score (nSPS) is 10.7. The lowest BCUT2D eigenvalue weighted by atomic mass is 10.2. The van der Waals surface area contributed by atoms with Crippen LogP contribution in [-0.2, 0) is 5.75 Å². The molecular formula is C16H13NOS. The maximum absolute atomic E-state index is 9.72. The van der Waals surface area contributed by atoms with Gasteiger partial charge in [0.25, 0.3) is 0 Å². The summed E-state index contributed by atoms with van der Waals surface area (Å²) in [6, 6.07) is 17.9. The van der Waals surface area contributed by atoms with Gasteiger partial charge in [-0.3, -0.25) is 4.98 Å². The van der Waals surface area contributed by atoms with Crippen molar-refractivity contribution in [1.29, 1.82) is 0 Å². The van der Waals surface area contributed by atoms with Gasteiger partial charge < -0.3 is 5.11 Å². The predicted molar refractivity (Wildman–Crippen MR) is 79.4 cm³/mol. The molecule has 0 spiro atoms. The Morgan fingerprint density at radius 2 is 1.84 bits per heavy atom. The zero-order chi connectivity index (χ0) is 13.1. The Labute approximate surface area is 116 Å². The molecule has 0 aliphatic carbocycles.